The van der Waals surface area contributed by atoms with Gasteiger partial charge < -0.3 is 26.4 Å². The third-order valence-electron chi connectivity index (χ3n) is 6.90. The van der Waals surface area contributed by atoms with Crippen molar-refractivity contribution in [2.75, 3.05) is 6.61 Å². The highest BCUT2D eigenvalue weighted by Crippen LogP contribution is 2.15. The second-order valence-corrected chi connectivity index (χ2v) is 10.6. The molecule has 0 spiro atoms. The molecule has 3 amide bonds. The summed E-state index contributed by atoms with van der Waals surface area (Å²) in [5, 5.41) is 9.11. The monoisotopic (exact) mass is 613 g/mol. The maximum Gasteiger partial charge on any atom is 0.251 e. The predicted molar refractivity (Wildman–Crippen MR) is 170 cm³/mol. The molecule has 4 aromatic rings. The standard InChI is InChI=1S/C34H36ClN5O4/c1-2-44-29-16-10-23(11-17-29)19-30(39-32(41)26-12-14-27(35)15-13-26)34(43)40-31(20-28-5-3-4-18-37-28)33(42)38-22-25-8-6-24(21-36)7-9-25/h3-18,30-31H,2,19-22,36H2,1H3,(H,38,42)(H,39,41)(H,40,43). The van der Waals surface area contributed by atoms with E-state index in [9.17, 15) is 14.4 Å². The molecule has 0 bridgehead atoms. The highest BCUT2D eigenvalue weighted by molar-refractivity contribution is 6.30. The first-order valence-electron chi connectivity index (χ1n) is 14.4. The Morgan fingerprint density at radius 3 is 2.09 bits per heavy atom. The first-order chi connectivity index (χ1) is 21.3. The van der Waals surface area contributed by atoms with E-state index in [2.05, 4.69) is 20.9 Å². The molecule has 3 aromatic carbocycles. The quantitative estimate of drug-likeness (QED) is 0.170. The second-order valence-electron chi connectivity index (χ2n) is 10.1. The molecule has 10 heteroatoms. The number of hydrogen-bond acceptors (Lipinski definition) is 6. The van der Waals surface area contributed by atoms with Gasteiger partial charge in [0, 0.05) is 48.4 Å². The summed E-state index contributed by atoms with van der Waals surface area (Å²) in [5.74, 6) is -0.632. The normalized spacial score (nSPS) is 12.1. The van der Waals surface area contributed by atoms with Crippen molar-refractivity contribution in [3.63, 3.8) is 0 Å². The van der Waals surface area contributed by atoms with Crippen LogP contribution in [-0.2, 0) is 35.5 Å². The SMILES string of the molecule is CCOc1ccc(CC(NC(=O)c2ccc(Cl)cc2)C(=O)NC(Cc2ccccn2)C(=O)NCc2ccc(CN)cc2)cc1. The molecule has 5 N–H and O–H groups in total. The van der Waals surface area contributed by atoms with Crippen molar-refractivity contribution in [2.24, 2.45) is 5.73 Å². The number of amides is 3. The van der Waals surface area contributed by atoms with Gasteiger partial charge in [-0.05, 0) is 72.1 Å². The maximum absolute atomic E-state index is 13.8. The van der Waals surface area contributed by atoms with Gasteiger partial charge in [-0.1, -0.05) is 54.1 Å². The van der Waals surface area contributed by atoms with Gasteiger partial charge in [-0.3, -0.25) is 19.4 Å². The number of rotatable bonds is 14. The van der Waals surface area contributed by atoms with Crippen molar-refractivity contribution >= 4 is 29.3 Å². The highest BCUT2D eigenvalue weighted by atomic mass is 35.5. The number of hydrogen-bond donors (Lipinski definition) is 4. The third kappa shape index (κ3) is 9.65. The van der Waals surface area contributed by atoms with E-state index in [1.54, 1.807) is 42.6 Å². The van der Waals surface area contributed by atoms with Gasteiger partial charge >= 0.3 is 0 Å². The average molecular weight is 614 g/mol. The van der Waals surface area contributed by atoms with Gasteiger partial charge in [0.1, 0.15) is 17.8 Å². The number of halogens is 1. The topological polar surface area (TPSA) is 135 Å². The lowest BCUT2D eigenvalue weighted by molar-refractivity contribution is -0.130. The lowest BCUT2D eigenvalue weighted by atomic mass is 10.0. The van der Waals surface area contributed by atoms with E-state index in [-0.39, 0.29) is 25.3 Å². The Labute approximate surface area is 262 Å². The molecule has 9 nitrogen and oxygen atoms in total. The largest absolute Gasteiger partial charge is 0.494 e. The molecule has 0 aliphatic rings. The second kappa shape index (κ2) is 16.2. The number of benzene rings is 3. The molecule has 228 valence electrons. The molecule has 1 aromatic heterocycles. The van der Waals surface area contributed by atoms with Gasteiger partial charge in [-0.2, -0.15) is 0 Å². The van der Waals surface area contributed by atoms with Crippen molar-refractivity contribution in [3.8, 4) is 5.75 Å². The number of pyridine rings is 1. The first kappa shape index (κ1) is 32.2. The fourth-order valence-corrected chi connectivity index (χ4v) is 4.62. The number of carbonyl (C=O) groups is 3. The Bertz CT molecular complexity index is 1510. The summed E-state index contributed by atoms with van der Waals surface area (Å²) >= 11 is 5.99. The number of nitrogens with zero attached hydrogens (tertiary/aromatic N) is 1. The zero-order valence-electron chi connectivity index (χ0n) is 24.5. The lowest BCUT2D eigenvalue weighted by Crippen LogP contribution is -2.55. The van der Waals surface area contributed by atoms with Gasteiger partial charge in [-0.25, -0.2) is 0 Å². The Morgan fingerprint density at radius 2 is 1.45 bits per heavy atom. The van der Waals surface area contributed by atoms with E-state index in [0.717, 1.165) is 16.7 Å². The van der Waals surface area contributed by atoms with E-state index < -0.39 is 23.9 Å². The molecule has 44 heavy (non-hydrogen) atoms. The molecule has 4 rings (SSSR count). The molecule has 1 heterocycles. The van der Waals surface area contributed by atoms with Crippen molar-refractivity contribution < 1.29 is 19.1 Å². The Hall–Kier alpha value is -4.73. The summed E-state index contributed by atoms with van der Waals surface area (Å²) in [4.78, 5) is 44.8. The van der Waals surface area contributed by atoms with E-state index >= 15 is 0 Å². The van der Waals surface area contributed by atoms with Crippen LogP contribution >= 0.6 is 11.6 Å². The summed E-state index contributed by atoms with van der Waals surface area (Å²) in [6, 6.07) is 24.7. The number of nitrogens with one attached hydrogen (secondary N) is 3. The maximum atomic E-state index is 13.8. The van der Waals surface area contributed by atoms with Gasteiger partial charge in [0.2, 0.25) is 11.8 Å². The van der Waals surface area contributed by atoms with Crippen LogP contribution in [0.2, 0.25) is 5.02 Å². The van der Waals surface area contributed by atoms with Crippen LogP contribution < -0.4 is 26.4 Å². The predicted octanol–water partition coefficient (Wildman–Crippen LogP) is 3.98. The molecule has 0 saturated carbocycles. The van der Waals surface area contributed by atoms with E-state index in [4.69, 9.17) is 22.1 Å². The van der Waals surface area contributed by atoms with Crippen molar-refractivity contribution in [2.45, 2.75) is 44.9 Å². The minimum atomic E-state index is -0.987. The third-order valence-corrected chi connectivity index (χ3v) is 7.15. The molecule has 0 saturated heterocycles. The van der Waals surface area contributed by atoms with Crippen LogP contribution in [0.3, 0.4) is 0 Å². The van der Waals surface area contributed by atoms with Crippen LogP contribution in [0.4, 0.5) is 0 Å². The zero-order chi connectivity index (χ0) is 31.3. The van der Waals surface area contributed by atoms with Crippen LogP contribution in [0.1, 0.15) is 39.7 Å². The zero-order valence-corrected chi connectivity index (χ0v) is 25.2. The lowest BCUT2D eigenvalue weighted by Gasteiger charge is -2.23. The Kier molecular flexibility index (Phi) is 11.9. The van der Waals surface area contributed by atoms with Crippen LogP contribution in [0.5, 0.6) is 5.75 Å². The average Bonchev–Trinajstić information content (AvgIpc) is 3.05. The molecule has 2 atom stereocenters. The van der Waals surface area contributed by atoms with Crippen molar-refractivity contribution in [1.29, 1.82) is 0 Å². The van der Waals surface area contributed by atoms with Crippen molar-refractivity contribution in [3.05, 3.63) is 130 Å². The molecule has 2 unspecified atom stereocenters. The van der Waals surface area contributed by atoms with Crippen LogP contribution in [-0.4, -0.2) is 41.4 Å². The minimum absolute atomic E-state index is 0.158. The van der Waals surface area contributed by atoms with E-state index in [0.29, 0.717) is 35.2 Å². The first-order valence-corrected chi connectivity index (χ1v) is 14.8. The van der Waals surface area contributed by atoms with E-state index in [1.807, 2.05) is 61.5 Å². The van der Waals surface area contributed by atoms with Gasteiger partial charge in [0.05, 0.1) is 6.61 Å². The van der Waals surface area contributed by atoms with E-state index in [1.165, 1.54) is 0 Å². The molecule has 0 aliphatic heterocycles. The number of aromatic nitrogens is 1. The van der Waals surface area contributed by atoms with Gasteiger partial charge in [-0.15, -0.1) is 0 Å². The summed E-state index contributed by atoms with van der Waals surface area (Å²) in [7, 11) is 0. The molecule has 0 aliphatic carbocycles. The number of ether oxygens (including phenoxy) is 1. The van der Waals surface area contributed by atoms with Crippen LogP contribution in [0.15, 0.2) is 97.2 Å². The Morgan fingerprint density at radius 1 is 0.795 bits per heavy atom. The molecule has 0 radical (unpaired) electrons. The van der Waals surface area contributed by atoms with Gasteiger partial charge in [0.25, 0.3) is 5.91 Å². The summed E-state index contributed by atoms with van der Waals surface area (Å²) in [5.41, 5.74) is 9.35. The summed E-state index contributed by atoms with van der Waals surface area (Å²) in [6.07, 6.45) is 1.97. The highest BCUT2D eigenvalue weighted by Gasteiger charge is 2.28. The number of nitrogens with two attached hydrogens (primary N) is 1. The van der Waals surface area contributed by atoms with Crippen LogP contribution in [0, 0.1) is 0 Å². The summed E-state index contributed by atoms with van der Waals surface area (Å²) < 4.78 is 5.53. The van der Waals surface area contributed by atoms with Gasteiger partial charge in [0.15, 0.2) is 0 Å². The summed E-state index contributed by atoms with van der Waals surface area (Å²) in [6.45, 7) is 3.12. The minimum Gasteiger partial charge on any atom is -0.494 e. The van der Waals surface area contributed by atoms with Crippen LogP contribution in [0.25, 0.3) is 0 Å². The Balaban J connectivity index is 1.53. The molecule has 0 fully saturated rings. The van der Waals surface area contributed by atoms with Crippen molar-refractivity contribution in [1.82, 2.24) is 20.9 Å². The fraction of sp³-hybridized carbons (Fsp3) is 0.235. The smallest absolute Gasteiger partial charge is 0.251 e. The number of carbonyl (C=O) groups excluding carboxylic acids is 3. The fourth-order valence-electron chi connectivity index (χ4n) is 4.49. The molecular weight excluding hydrogens is 578 g/mol. The molecular formula is C34H36ClN5O4.